The first-order valence-electron chi connectivity index (χ1n) is 6.77. The number of nitrogens with one attached hydrogen (secondary N) is 3. The Hall–Kier alpha value is -1.92. The molecule has 0 aromatic heterocycles. The smallest absolute Gasteiger partial charge is 0.304 e. The Morgan fingerprint density at radius 3 is 2.95 bits per heavy atom. The number of carbonyl (C=O) groups is 2. The van der Waals surface area contributed by atoms with E-state index in [0.29, 0.717) is 6.42 Å². The van der Waals surface area contributed by atoms with Crippen molar-refractivity contribution in [3.05, 3.63) is 29.3 Å². The summed E-state index contributed by atoms with van der Waals surface area (Å²) in [5, 5.41) is 11.7. The average Bonchev–Trinajstić information content (AvgIpc) is 2.85. The number of carbonyl (C=O) groups excluding carboxylic acids is 1. The Morgan fingerprint density at radius 1 is 1.30 bits per heavy atom. The minimum absolute atomic E-state index is 0.0479. The van der Waals surface area contributed by atoms with Crippen molar-refractivity contribution in [2.45, 2.75) is 37.8 Å². The molecule has 1 aromatic carbocycles. The summed E-state index contributed by atoms with van der Waals surface area (Å²) < 4.78 is 0. The second kappa shape index (κ2) is 5.22. The van der Waals surface area contributed by atoms with E-state index in [9.17, 15) is 9.59 Å². The zero-order valence-electron chi connectivity index (χ0n) is 11.0. The van der Waals surface area contributed by atoms with Gasteiger partial charge in [-0.3, -0.25) is 15.0 Å². The molecule has 0 bridgehead atoms. The molecule has 2 heterocycles. The monoisotopic (exact) mass is 275 g/mol. The van der Waals surface area contributed by atoms with E-state index in [1.165, 1.54) is 0 Å². The van der Waals surface area contributed by atoms with Crippen LogP contribution in [0.5, 0.6) is 0 Å². The van der Waals surface area contributed by atoms with Crippen LogP contribution in [-0.2, 0) is 16.0 Å². The predicted octanol–water partition coefficient (Wildman–Crippen LogP) is 0.954. The molecule has 6 nitrogen and oxygen atoms in total. The summed E-state index contributed by atoms with van der Waals surface area (Å²) in [6.07, 6.45) is 2.14. The molecule has 0 radical (unpaired) electrons. The van der Waals surface area contributed by atoms with Gasteiger partial charge in [-0.2, -0.15) is 0 Å². The third-order valence-corrected chi connectivity index (χ3v) is 3.83. The molecular weight excluding hydrogens is 258 g/mol. The largest absolute Gasteiger partial charge is 0.481 e. The van der Waals surface area contributed by atoms with Crippen LogP contribution in [0.3, 0.4) is 0 Å². The number of aliphatic carboxylic acids is 1. The number of aryl methyl sites for hydroxylation is 1. The van der Waals surface area contributed by atoms with Gasteiger partial charge in [-0.05, 0) is 30.0 Å². The Bertz CT molecular complexity index is 559. The lowest BCUT2D eigenvalue weighted by atomic mass is 9.95. The zero-order chi connectivity index (χ0) is 14.1. The van der Waals surface area contributed by atoms with Crippen LogP contribution < -0.4 is 16.2 Å². The fourth-order valence-corrected chi connectivity index (χ4v) is 2.81. The highest BCUT2D eigenvalue weighted by atomic mass is 16.4. The third kappa shape index (κ3) is 2.66. The van der Waals surface area contributed by atoms with Crippen LogP contribution in [0.4, 0.5) is 5.69 Å². The van der Waals surface area contributed by atoms with Crippen LogP contribution in [0.2, 0.25) is 0 Å². The van der Waals surface area contributed by atoms with Gasteiger partial charge in [-0.25, -0.2) is 5.43 Å². The Kier molecular flexibility index (Phi) is 3.42. The van der Waals surface area contributed by atoms with Gasteiger partial charge in [0.05, 0.1) is 6.42 Å². The maximum atomic E-state index is 11.3. The highest BCUT2D eigenvalue weighted by Gasteiger charge is 2.27. The topological polar surface area (TPSA) is 90.5 Å². The summed E-state index contributed by atoms with van der Waals surface area (Å²) in [5.74, 6) is -0.731. The first-order chi connectivity index (χ1) is 9.61. The van der Waals surface area contributed by atoms with E-state index in [0.717, 1.165) is 29.7 Å². The first kappa shape index (κ1) is 13.1. The average molecular weight is 275 g/mol. The lowest BCUT2D eigenvalue weighted by Crippen LogP contribution is -2.32. The maximum Gasteiger partial charge on any atom is 0.304 e. The van der Waals surface area contributed by atoms with Crippen molar-refractivity contribution in [1.82, 2.24) is 10.9 Å². The zero-order valence-corrected chi connectivity index (χ0v) is 11.0. The van der Waals surface area contributed by atoms with Gasteiger partial charge in [0.15, 0.2) is 0 Å². The van der Waals surface area contributed by atoms with E-state index < -0.39 is 5.97 Å². The fourth-order valence-electron chi connectivity index (χ4n) is 2.81. The van der Waals surface area contributed by atoms with E-state index >= 15 is 0 Å². The Balaban J connectivity index is 1.72. The molecule has 1 fully saturated rings. The molecule has 106 valence electrons. The summed E-state index contributed by atoms with van der Waals surface area (Å²) in [5.41, 5.74) is 9.32. The Labute approximate surface area is 116 Å². The van der Waals surface area contributed by atoms with Crippen LogP contribution in [0.25, 0.3) is 0 Å². The molecule has 1 aromatic rings. The third-order valence-electron chi connectivity index (χ3n) is 3.83. The SMILES string of the molecule is O=C(O)CC1CC(c2ccc3c(c2)CCC(=O)N3)NN1. The minimum atomic E-state index is -0.793. The summed E-state index contributed by atoms with van der Waals surface area (Å²) >= 11 is 0. The molecule has 0 saturated carbocycles. The molecule has 0 spiro atoms. The van der Waals surface area contributed by atoms with E-state index in [4.69, 9.17) is 5.11 Å². The van der Waals surface area contributed by atoms with Gasteiger partial charge in [0.1, 0.15) is 0 Å². The van der Waals surface area contributed by atoms with Gasteiger partial charge in [0.2, 0.25) is 5.91 Å². The molecule has 2 unspecified atom stereocenters. The molecule has 2 aliphatic rings. The van der Waals surface area contributed by atoms with Gasteiger partial charge in [-0.15, -0.1) is 0 Å². The van der Waals surface area contributed by atoms with Crippen LogP contribution in [0, 0.1) is 0 Å². The number of hydrogen-bond donors (Lipinski definition) is 4. The Morgan fingerprint density at radius 2 is 2.15 bits per heavy atom. The molecular formula is C14H17N3O3. The molecule has 6 heteroatoms. The van der Waals surface area contributed by atoms with E-state index in [-0.39, 0.29) is 24.4 Å². The molecule has 2 atom stereocenters. The van der Waals surface area contributed by atoms with Crippen LogP contribution in [0.15, 0.2) is 18.2 Å². The lowest BCUT2D eigenvalue weighted by molar-refractivity contribution is -0.137. The van der Waals surface area contributed by atoms with Crippen molar-refractivity contribution < 1.29 is 14.7 Å². The van der Waals surface area contributed by atoms with Crippen molar-refractivity contribution in [3.8, 4) is 0 Å². The molecule has 3 rings (SSSR count). The van der Waals surface area contributed by atoms with Crippen molar-refractivity contribution in [2.24, 2.45) is 0 Å². The van der Waals surface area contributed by atoms with Crippen LogP contribution >= 0.6 is 0 Å². The summed E-state index contributed by atoms with van der Waals surface area (Å²) in [6, 6.07) is 6.06. The fraction of sp³-hybridized carbons (Fsp3) is 0.429. The number of benzene rings is 1. The number of hydrogen-bond acceptors (Lipinski definition) is 4. The molecule has 0 aliphatic carbocycles. The first-order valence-corrected chi connectivity index (χ1v) is 6.77. The van der Waals surface area contributed by atoms with Gasteiger partial charge in [0.25, 0.3) is 0 Å². The van der Waals surface area contributed by atoms with Gasteiger partial charge in [-0.1, -0.05) is 12.1 Å². The van der Waals surface area contributed by atoms with Crippen LogP contribution in [0.1, 0.15) is 36.4 Å². The number of fused-ring (bicyclic) bond motifs is 1. The number of carboxylic acid groups (broad SMARTS) is 1. The second-order valence-corrected chi connectivity index (χ2v) is 5.34. The van der Waals surface area contributed by atoms with E-state index in [1.807, 2.05) is 12.1 Å². The molecule has 4 N–H and O–H groups in total. The highest BCUT2D eigenvalue weighted by molar-refractivity contribution is 5.93. The van der Waals surface area contributed by atoms with Crippen LogP contribution in [-0.4, -0.2) is 23.0 Å². The van der Waals surface area contributed by atoms with Gasteiger partial charge < -0.3 is 10.4 Å². The number of carboxylic acids is 1. The van der Waals surface area contributed by atoms with E-state index in [2.05, 4.69) is 22.2 Å². The van der Waals surface area contributed by atoms with E-state index in [1.54, 1.807) is 0 Å². The maximum absolute atomic E-state index is 11.3. The number of hydrazine groups is 1. The van der Waals surface area contributed by atoms with Crippen molar-refractivity contribution in [2.75, 3.05) is 5.32 Å². The summed E-state index contributed by atoms with van der Waals surface area (Å²) in [6.45, 7) is 0. The summed E-state index contributed by atoms with van der Waals surface area (Å²) in [7, 11) is 0. The van der Waals surface area contributed by atoms with Crippen molar-refractivity contribution in [1.29, 1.82) is 0 Å². The number of anilines is 1. The predicted molar refractivity (Wildman–Crippen MR) is 73.1 cm³/mol. The van der Waals surface area contributed by atoms with Gasteiger partial charge >= 0.3 is 5.97 Å². The second-order valence-electron chi connectivity index (χ2n) is 5.34. The lowest BCUT2D eigenvalue weighted by Gasteiger charge is -2.19. The number of amides is 1. The molecule has 1 amide bonds. The highest BCUT2D eigenvalue weighted by Crippen LogP contribution is 2.29. The van der Waals surface area contributed by atoms with Crippen molar-refractivity contribution in [3.63, 3.8) is 0 Å². The summed E-state index contributed by atoms with van der Waals surface area (Å²) in [4.78, 5) is 22.0. The van der Waals surface area contributed by atoms with Crippen molar-refractivity contribution >= 4 is 17.6 Å². The molecule has 2 aliphatic heterocycles. The molecule has 1 saturated heterocycles. The van der Waals surface area contributed by atoms with Gasteiger partial charge in [0, 0.05) is 24.2 Å². The standard InChI is InChI=1S/C14H17N3O3/c18-13-4-2-8-5-9(1-3-11(8)15-13)12-6-10(16-17-12)7-14(19)20/h1,3,5,10,12,16-17H,2,4,6-7H2,(H,15,18)(H,19,20). The number of rotatable bonds is 3. The minimum Gasteiger partial charge on any atom is -0.481 e. The quantitative estimate of drug-likeness (QED) is 0.659. The molecule has 20 heavy (non-hydrogen) atoms. The normalized spacial score (nSPS) is 25.1.